The largest absolute Gasteiger partial charge is 0.506 e. The molecule has 3 N–H and O–H groups in total. The Hall–Kier alpha value is -2.97. The molecule has 23 heavy (non-hydrogen) atoms. The van der Waals surface area contributed by atoms with Gasteiger partial charge in [-0.3, -0.25) is 14.8 Å². The van der Waals surface area contributed by atoms with Gasteiger partial charge in [0, 0.05) is 24.6 Å². The van der Waals surface area contributed by atoms with E-state index in [0.29, 0.717) is 17.2 Å². The lowest BCUT2D eigenvalue weighted by atomic mass is 9.91. The molecule has 0 fully saturated rings. The maximum atomic E-state index is 10.8. The molecular formula is C14H18N6O3. The highest BCUT2D eigenvalue weighted by atomic mass is 16.6. The monoisotopic (exact) mass is 318 g/mol. The summed E-state index contributed by atoms with van der Waals surface area (Å²) in [5.74, 6) is 0.114. The van der Waals surface area contributed by atoms with Crippen LogP contribution in [-0.4, -0.2) is 19.8 Å². The first-order chi connectivity index (χ1) is 10.6. The Kier molecular flexibility index (Phi) is 4.04. The molecule has 1 aromatic carbocycles. The van der Waals surface area contributed by atoms with Gasteiger partial charge in [-0.15, -0.1) is 10.2 Å². The zero-order chi connectivity index (χ0) is 17.4. The molecule has 122 valence electrons. The summed E-state index contributed by atoms with van der Waals surface area (Å²) in [5.41, 5.74) is 6.47. The summed E-state index contributed by atoms with van der Waals surface area (Å²) in [5, 5.41) is 32.9. The predicted molar refractivity (Wildman–Crippen MR) is 85.3 cm³/mol. The summed E-state index contributed by atoms with van der Waals surface area (Å²) in [6.45, 7) is 5.87. The van der Waals surface area contributed by atoms with Crippen molar-refractivity contribution in [3.8, 4) is 5.75 Å². The highest BCUT2D eigenvalue weighted by molar-refractivity contribution is 5.64. The maximum absolute atomic E-state index is 10.8. The first-order valence-corrected chi connectivity index (χ1v) is 6.83. The van der Waals surface area contributed by atoms with E-state index in [1.807, 2.05) is 20.8 Å². The molecule has 9 heteroatoms. The van der Waals surface area contributed by atoms with Crippen LogP contribution in [0.4, 0.5) is 22.9 Å². The van der Waals surface area contributed by atoms with Gasteiger partial charge in [0.25, 0.3) is 5.69 Å². The van der Waals surface area contributed by atoms with Gasteiger partial charge in [-0.05, 0) is 6.07 Å². The van der Waals surface area contributed by atoms with E-state index >= 15 is 0 Å². The molecule has 0 bridgehead atoms. The number of hydrogen-bond donors (Lipinski definition) is 2. The van der Waals surface area contributed by atoms with Crippen LogP contribution < -0.4 is 5.73 Å². The van der Waals surface area contributed by atoms with Crippen LogP contribution in [0.3, 0.4) is 0 Å². The van der Waals surface area contributed by atoms with Crippen LogP contribution in [0, 0.1) is 10.1 Å². The molecule has 0 atom stereocenters. The van der Waals surface area contributed by atoms with Crippen molar-refractivity contribution in [3.05, 3.63) is 34.0 Å². The quantitative estimate of drug-likeness (QED) is 0.509. The van der Waals surface area contributed by atoms with Crippen LogP contribution in [0.25, 0.3) is 0 Å². The third kappa shape index (κ3) is 3.28. The fourth-order valence-electron chi connectivity index (χ4n) is 1.94. The molecule has 0 amide bonds. The molecule has 2 aromatic rings. The highest BCUT2D eigenvalue weighted by Gasteiger charge is 2.25. The lowest BCUT2D eigenvalue weighted by Gasteiger charge is -2.15. The number of aryl methyl sites for hydroxylation is 1. The summed E-state index contributed by atoms with van der Waals surface area (Å²) < 4.78 is 1.49. The number of nitro groups is 1. The summed E-state index contributed by atoms with van der Waals surface area (Å²) in [6, 6.07) is 3.53. The van der Waals surface area contributed by atoms with E-state index in [2.05, 4.69) is 15.3 Å². The number of nitro benzene ring substituents is 1. The van der Waals surface area contributed by atoms with E-state index in [4.69, 9.17) is 5.73 Å². The van der Waals surface area contributed by atoms with Crippen molar-refractivity contribution in [1.82, 2.24) is 9.78 Å². The van der Waals surface area contributed by atoms with E-state index in [0.717, 1.165) is 6.07 Å². The fraction of sp³-hybridized carbons (Fsp3) is 0.357. The maximum Gasteiger partial charge on any atom is 0.271 e. The number of benzene rings is 1. The van der Waals surface area contributed by atoms with Gasteiger partial charge in [0.15, 0.2) is 5.69 Å². The minimum absolute atomic E-state index is 0.0117. The number of hydrogen-bond acceptors (Lipinski definition) is 7. The van der Waals surface area contributed by atoms with E-state index < -0.39 is 4.92 Å². The Labute approximate surface area is 132 Å². The van der Waals surface area contributed by atoms with Crippen molar-refractivity contribution in [2.45, 2.75) is 26.2 Å². The topological polar surface area (TPSA) is 132 Å². The van der Waals surface area contributed by atoms with Crippen molar-refractivity contribution >= 4 is 22.9 Å². The molecule has 0 unspecified atom stereocenters. The second-order valence-corrected chi connectivity index (χ2v) is 6.09. The standard InChI is InChI=1S/C14H18N6O3/c1-14(2,3)12-11(13(15)19(4)18-12)17-16-9-7-8(20(22)23)5-6-10(9)21/h5-7,21H,15H2,1-4H3. The molecule has 0 aliphatic heterocycles. The average Bonchev–Trinajstić information content (AvgIpc) is 2.74. The zero-order valence-electron chi connectivity index (χ0n) is 13.3. The van der Waals surface area contributed by atoms with Gasteiger partial charge < -0.3 is 10.8 Å². The van der Waals surface area contributed by atoms with Crippen molar-refractivity contribution in [2.75, 3.05) is 5.73 Å². The van der Waals surface area contributed by atoms with E-state index in [1.165, 1.54) is 16.8 Å². The minimum Gasteiger partial charge on any atom is -0.506 e. The van der Waals surface area contributed by atoms with Crippen LogP contribution in [0.1, 0.15) is 26.5 Å². The molecule has 1 heterocycles. The second kappa shape index (κ2) is 5.67. The molecule has 0 saturated heterocycles. The molecule has 0 spiro atoms. The third-order valence-electron chi connectivity index (χ3n) is 3.20. The number of nitrogen functional groups attached to an aromatic ring is 1. The number of nitrogens with two attached hydrogens (primary N) is 1. The highest BCUT2D eigenvalue weighted by Crippen LogP contribution is 2.37. The zero-order valence-corrected chi connectivity index (χ0v) is 13.3. The van der Waals surface area contributed by atoms with Gasteiger partial charge in [-0.25, -0.2) is 0 Å². The Morgan fingerprint density at radius 3 is 2.57 bits per heavy atom. The van der Waals surface area contributed by atoms with Gasteiger partial charge in [0.2, 0.25) is 0 Å². The van der Waals surface area contributed by atoms with Crippen LogP contribution in [0.2, 0.25) is 0 Å². The summed E-state index contributed by atoms with van der Waals surface area (Å²) in [7, 11) is 1.69. The van der Waals surface area contributed by atoms with Gasteiger partial charge in [0.1, 0.15) is 17.3 Å². The van der Waals surface area contributed by atoms with Gasteiger partial charge in [0.05, 0.1) is 10.6 Å². The average molecular weight is 318 g/mol. The first-order valence-electron chi connectivity index (χ1n) is 6.83. The lowest BCUT2D eigenvalue weighted by Crippen LogP contribution is -2.12. The van der Waals surface area contributed by atoms with Crippen molar-refractivity contribution < 1.29 is 10.0 Å². The van der Waals surface area contributed by atoms with E-state index in [9.17, 15) is 15.2 Å². The summed E-state index contributed by atoms with van der Waals surface area (Å²) in [4.78, 5) is 10.2. The van der Waals surface area contributed by atoms with Crippen molar-refractivity contribution in [1.29, 1.82) is 0 Å². The van der Waals surface area contributed by atoms with Gasteiger partial charge in [-0.2, -0.15) is 5.10 Å². The lowest BCUT2D eigenvalue weighted by molar-refractivity contribution is -0.384. The molecule has 0 radical (unpaired) electrons. The molecule has 2 rings (SSSR count). The Morgan fingerprint density at radius 2 is 2.00 bits per heavy atom. The summed E-state index contributed by atoms with van der Waals surface area (Å²) in [6.07, 6.45) is 0. The molecular weight excluding hydrogens is 300 g/mol. The number of rotatable bonds is 3. The molecule has 0 aliphatic rings. The Bertz CT molecular complexity index is 789. The predicted octanol–water partition coefficient (Wildman–Crippen LogP) is 3.33. The van der Waals surface area contributed by atoms with Crippen LogP contribution in [0.15, 0.2) is 28.4 Å². The minimum atomic E-state index is -0.572. The summed E-state index contributed by atoms with van der Waals surface area (Å²) >= 11 is 0. The van der Waals surface area contributed by atoms with Crippen molar-refractivity contribution in [2.24, 2.45) is 17.3 Å². The fourth-order valence-corrected chi connectivity index (χ4v) is 1.94. The molecule has 1 aromatic heterocycles. The third-order valence-corrected chi connectivity index (χ3v) is 3.20. The van der Waals surface area contributed by atoms with Gasteiger partial charge in [-0.1, -0.05) is 20.8 Å². The smallest absolute Gasteiger partial charge is 0.271 e. The molecule has 0 saturated carbocycles. The van der Waals surface area contributed by atoms with E-state index in [-0.39, 0.29) is 22.5 Å². The number of phenols is 1. The SMILES string of the molecule is Cn1nc(C(C)(C)C)c(N=Nc2cc([N+](=O)[O-])ccc2O)c1N. The second-order valence-electron chi connectivity index (χ2n) is 6.09. The van der Waals surface area contributed by atoms with Gasteiger partial charge >= 0.3 is 0 Å². The molecule has 9 nitrogen and oxygen atoms in total. The number of aromatic hydroxyl groups is 1. The van der Waals surface area contributed by atoms with Crippen molar-refractivity contribution in [3.63, 3.8) is 0 Å². The Balaban J connectivity index is 2.50. The number of nitrogens with zero attached hydrogens (tertiary/aromatic N) is 5. The molecule has 0 aliphatic carbocycles. The number of azo groups is 1. The number of phenolic OH excluding ortho intramolecular Hbond substituents is 1. The normalized spacial score (nSPS) is 12.0. The number of aromatic nitrogens is 2. The van der Waals surface area contributed by atoms with Crippen LogP contribution in [-0.2, 0) is 12.5 Å². The Morgan fingerprint density at radius 1 is 1.35 bits per heavy atom. The number of anilines is 1. The van der Waals surface area contributed by atoms with E-state index in [1.54, 1.807) is 7.05 Å². The van der Waals surface area contributed by atoms with Crippen LogP contribution >= 0.6 is 0 Å². The van der Waals surface area contributed by atoms with Crippen LogP contribution in [0.5, 0.6) is 5.75 Å². The first kappa shape index (κ1) is 16.4. The number of non-ortho nitro benzene ring substituents is 1.